The van der Waals surface area contributed by atoms with Gasteiger partial charge < -0.3 is 5.32 Å². The molecular formula is C14H20FNO. The van der Waals surface area contributed by atoms with Crippen LogP contribution in [0.25, 0.3) is 0 Å². The van der Waals surface area contributed by atoms with Gasteiger partial charge in [-0.3, -0.25) is 4.79 Å². The number of nitrogens with one attached hydrogen (secondary N) is 1. The molecule has 2 nitrogen and oxygen atoms in total. The monoisotopic (exact) mass is 237 g/mol. The van der Waals surface area contributed by atoms with Gasteiger partial charge in [-0.15, -0.1) is 0 Å². The Bertz CT molecular complexity index is 361. The van der Waals surface area contributed by atoms with E-state index in [9.17, 15) is 9.18 Å². The summed E-state index contributed by atoms with van der Waals surface area (Å²) < 4.78 is 12.7. The maximum atomic E-state index is 12.7. The topological polar surface area (TPSA) is 29.1 Å². The number of amides is 1. The van der Waals surface area contributed by atoms with Crippen molar-refractivity contribution in [2.45, 2.75) is 33.1 Å². The standard InChI is InChI=1S/C14H20FNO/c1-4-10(2)14(17)16-9-11(3)12-5-7-13(15)8-6-12/h5-8,10-11H,4,9H2,1-3H3,(H,16,17). The second-order valence-corrected chi connectivity index (χ2v) is 4.51. The maximum absolute atomic E-state index is 12.7. The van der Waals surface area contributed by atoms with E-state index in [1.54, 1.807) is 12.1 Å². The summed E-state index contributed by atoms with van der Waals surface area (Å²) in [4.78, 5) is 11.6. The Morgan fingerprint density at radius 3 is 2.41 bits per heavy atom. The van der Waals surface area contributed by atoms with Gasteiger partial charge in [0.15, 0.2) is 0 Å². The number of hydrogen-bond acceptors (Lipinski definition) is 1. The number of rotatable bonds is 5. The predicted molar refractivity (Wildman–Crippen MR) is 67.3 cm³/mol. The van der Waals surface area contributed by atoms with Crippen LogP contribution in [0.3, 0.4) is 0 Å². The van der Waals surface area contributed by atoms with Crippen LogP contribution in [-0.2, 0) is 4.79 Å². The average Bonchev–Trinajstić information content (AvgIpc) is 2.35. The third-order valence-electron chi connectivity index (χ3n) is 3.08. The van der Waals surface area contributed by atoms with Crippen LogP contribution in [0.2, 0.25) is 0 Å². The largest absolute Gasteiger partial charge is 0.355 e. The van der Waals surface area contributed by atoms with Gasteiger partial charge in [0, 0.05) is 12.5 Å². The van der Waals surface area contributed by atoms with E-state index in [0.717, 1.165) is 12.0 Å². The fourth-order valence-electron chi connectivity index (χ4n) is 1.52. The van der Waals surface area contributed by atoms with Gasteiger partial charge in [-0.25, -0.2) is 4.39 Å². The van der Waals surface area contributed by atoms with Gasteiger partial charge in [-0.2, -0.15) is 0 Å². The molecule has 0 heterocycles. The molecule has 1 N–H and O–H groups in total. The molecule has 0 aliphatic rings. The second-order valence-electron chi connectivity index (χ2n) is 4.51. The maximum Gasteiger partial charge on any atom is 0.222 e. The van der Waals surface area contributed by atoms with Crippen molar-refractivity contribution in [2.75, 3.05) is 6.54 Å². The molecule has 94 valence electrons. The van der Waals surface area contributed by atoms with Crippen molar-refractivity contribution < 1.29 is 9.18 Å². The fraction of sp³-hybridized carbons (Fsp3) is 0.500. The van der Waals surface area contributed by atoms with Crippen molar-refractivity contribution >= 4 is 5.91 Å². The van der Waals surface area contributed by atoms with Crippen molar-refractivity contribution in [1.29, 1.82) is 0 Å². The van der Waals surface area contributed by atoms with Crippen LogP contribution in [0.5, 0.6) is 0 Å². The summed E-state index contributed by atoms with van der Waals surface area (Å²) in [5.41, 5.74) is 1.04. The van der Waals surface area contributed by atoms with Crippen LogP contribution in [0.1, 0.15) is 38.7 Å². The molecule has 0 fully saturated rings. The molecule has 1 amide bonds. The van der Waals surface area contributed by atoms with E-state index in [1.807, 2.05) is 20.8 Å². The first-order valence-electron chi connectivity index (χ1n) is 6.07. The van der Waals surface area contributed by atoms with Crippen LogP contribution in [0.4, 0.5) is 4.39 Å². The zero-order valence-electron chi connectivity index (χ0n) is 10.7. The summed E-state index contributed by atoms with van der Waals surface area (Å²) >= 11 is 0. The first kappa shape index (κ1) is 13.7. The quantitative estimate of drug-likeness (QED) is 0.837. The molecule has 0 aromatic heterocycles. The summed E-state index contributed by atoms with van der Waals surface area (Å²) in [5.74, 6) is 0.102. The lowest BCUT2D eigenvalue weighted by molar-refractivity contribution is -0.124. The van der Waals surface area contributed by atoms with Gasteiger partial charge >= 0.3 is 0 Å². The third-order valence-corrected chi connectivity index (χ3v) is 3.08. The highest BCUT2D eigenvalue weighted by Crippen LogP contribution is 2.14. The Balaban J connectivity index is 2.47. The highest BCUT2D eigenvalue weighted by atomic mass is 19.1. The number of carbonyl (C=O) groups excluding carboxylic acids is 1. The lowest BCUT2D eigenvalue weighted by Crippen LogP contribution is -2.31. The predicted octanol–water partition coefficient (Wildman–Crippen LogP) is 3.09. The van der Waals surface area contributed by atoms with Gasteiger partial charge in [0.05, 0.1) is 0 Å². The molecule has 0 bridgehead atoms. The first-order valence-corrected chi connectivity index (χ1v) is 6.07. The van der Waals surface area contributed by atoms with Crippen LogP contribution in [0, 0.1) is 11.7 Å². The SMILES string of the molecule is CCC(C)C(=O)NCC(C)c1ccc(F)cc1. The molecule has 1 aromatic carbocycles. The van der Waals surface area contributed by atoms with Crippen molar-refractivity contribution in [1.82, 2.24) is 5.32 Å². The van der Waals surface area contributed by atoms with Gasteiger partial charge in [0.1, 0.15) is 5.82 Å². The highest BCUT2D eigenvalue weighted by Gasteiger charge is 2.12. The number of hydrogen-bond donors (Lipinski definition) is 1. The molecule has 2 unspecified atom stereocenters. The summed E-state index contributed by atoms with van der Waals surface area (Å²) in [6.45, 7) is 6.52. The molecule has 1 aromatic rings. The Labute approximate surface area is 102 Å². The molecular weight excluding hydrogens is 217 g/mol. The number of halogens is 1. The summed E-state index contributed by atoms with van der Waals surface area (Å²) in [6, 6.07) is 6.41. The normalized spacial score (nSPS) is 14.1. The van der Waals surface area contributed by atoms with E-state index in [0.29, 0.717) is 6.54 Å². The van der Waals surface area contributed by atoms with E-state index in [4.69, 9.17) is 0 Å². The van der Waals surface area contributed by atoms with Crippen molar-refractivity contribution in [3.63, 3.8) is 0 Å². The molecule has 17 heavy (non-hydrogen) atoms. The molecule has 0 aliphatic heterocycles. The Hall–Kier alpha value is -1.38. The molecule has 0 saturated carbocycles. The van der Waals surface area contributed by atoms with Gasteiger partial charge in [0.2, 0.25) is 5.91 Å². The minimum absolute atomic E-state index is 0.0513. The molecule has 1 rings (SSSR count). The van der Waals surface area contributed by atoms with E-state index in [-0.39, 0.29) is 23.6 Å². The molecule has 3 heteroatoms. The van der Waals surface area contributed by atoms with E-state index >= 15 is 0 Å². The number of benzene rings is 1. The second kappa shape index (κ2) is 6.38. The Morgan fingerprint density at radius 1 is 1.29 bits per heavy atom. The molecule has 0 aliphatic carbocycles. The Morgan fingerprint density at radius 2 is 1.88 bits per heavy atom. The fourth-order valence-corrected chi connectivity index (χ4v) is 1.52. The van der Waals surface area contributed by atoms with Crippen LogP contribution in [0.15, 0.2) is 24.3 Å². The van der Waals surface area contributed by atoms with E-state index in [2.05, 4.69) is 5.32 Å². The first-order chi connectivity index (χ1) is 8.04. The van der Waals surface area contributed by atoms with Crippen LogP contribution in [-0.4, -0.2) is 12.5 Å². The zero-order chi connectivity index (χ0) is 12.8. The minimum atomic E-state index is -0.232. The highest BCUT2D eigenvalue weighted by molar-refractivity contribution is 5.78. The lowest BCUT2D eigenvalue weighted by Gasteiger charge is -2.15. The summed E-state index contributed by atoms with van der Waals surface area (Å²) in [5, 5.41) is 2.91. The van der Waals surface area contributed by atoms with Crippen molar-refractivity contribution in [3.05, 3.63) is 35.6 Å². The van der Waals surface area contributed by atoms with Gasteiger partial charge in [-0.1, -0.05) is 32.9 Å². The van der Waals surface area contributed by atoms with Gasteiger partial charge in [0.25, 0.3) is 0 Å². The van der Waals surface area contributed by atoms with Crippen LogP contribution >= 0.6 is 0 Å². The average molecular weight is 237 g/mol. The van der Waals surface area contributed by atoms with Crippen molar-refractivity contribution in [2.24, 2.45) is 5.92 Å². The zero-order valence-corrected chi connectivity index (χ0v) is 10.7. The van der Waals surface area contributed by atoms with Gasteiger partial charge in [-0.05, 0) is 30.0 Å². The molecule has 2 atom stereocenters. The third kappa shape index (κ3) is 4.17. The molecule has 0 spiro atoms. The molecule has 0 saturated heterocycles. The van der Waals surface area contributed by atoms with E-state index < -0.39 is 0 Å². The van der Waals surface area contributed by atoms with Crippen molar-refractivity contribution in [3.8, 4) is 0 Å². The smallest absolute Gasteiger partial charge is 0.222 e. The Kier molecular flexibility index (Phi) is 5.13. The minimum Gasteiger partial charge on any atom is -0.355 e. The molecule has 0 radical (unpaired) electrons. The number of carbonyl (C=O) groups is 1. The summed E-state index contributed by atoms with van der Waals surface area (Å²) in [7, 11) is 0. The lowest BCUT2D eigenvalue weighted by atomic mass is 10.0. The van der Waals surface area contributed by atoms with E-state index in [1.165, 1.54) is 12.1 Å². The summed E-state index contributed by atoms with van der Waals surface area (Å²) in [6.07, 6.45) is 0.844. The van der Waals surface area contributed by atoms with Crippen LogP contribution < -0.4 is 5.32 Å².